The van der Waals surface area contributed by atoms with Crippen LogP contribution in [0.25, 0.3) is 11.3 Å². The first-order valence-electron chi connectivity index (χ1n) is 7.61. The Hall–Kier alpha value is -1.77. The monoisotopic (exact) mass is 286 g/mol. The van der Waals surface area contributed by atoms with E-state index in [4.69, 9.17) is 0 Å². The first-order valence-corrected chi connectivity index (χ1v) is 7.61. The smallest absolute Gasteiger partial charge is 0.270 e. The van der Waals surface area contributed by atoms with Crippen molar-refractivity contribution >= 4 is 0 Å². The van der Waals surface area contributed by atoms with Gasteiger partial charge in [-0.25, -0.2) is 4.68 Å². The fourth-order valence-electron chi connectivity index (χ4n) is 2.50. The molecule has 0 bridgehead atoms. The summed E-state index contributed by atoms with van der Waals surface area (Å²) in [6.07, 6.45) is 0.793. The van der Waals surface area contributed by atoms with Crippen LogP contribution in [0.2, 0.25) is 0 Å². The van der Waals surface area contributed by atoms with Crippen molar-refractivity contribution in [1.29, 1.82) is 0 Å². The minimum atomic E-state index is -0.244. The number of nitrogens with one attached hydrogen (secondary N) is 1. The van der Waals surface area contributed by atoms with Crippen LogP contribution < -0.4 is 5.56 Å². The van der Waals surface area contributed by atoms with Crippen LogP contribution in [0.1, 0.15) is 45.7 Å². The Labute approximate surface area is 127 Å². The number of H-pyrrole nitrogens is 1. The second kappa shape index (κ2) is 5.55. The zero-order chi connectivity index (χ0) is 15.8. The molecule has 0 spiro atoms. The molecule has 1 N–H and O–H groups in total. The lowest BCUT2D eigenvalue weighted by Crippen LogP contribution is -2.33. The van der Waals surface area contributed by atoms with Gasteiger partial charge in [0.05, 0.1) is 11.2 Å². The molecule has 0 aliphatic heterocycles. The van der Waals surface area contributed by atoms with E-state index in [-0.39, 0.29) is 11.1 Å². The standard InChI is InChI=1S/C18H26N2O/c1-12(2)11-15-16(14-9-7-13(3)8-10-14)19-20(17(15)21)18(4,5)6/h7-10,12,19H,11H2,1-6H3. The zero-order valence-corrected chi connectivity index (χ0v) is 13.9. The zero-order valence-electron chi connectivity index (χ0n) is 13.9. The SMILES string of the molecule is Cc1ccc(-c2[nH]n(C(C)(C)C)c(=O)c2CC(C)C)cc1. The molecular formula is C18H26N2O. The first kappa shape index (κ1) is 15.6. The molecule has 3 nitrogen and oxygen atoms in total. The predicted octanol–water partition coefficient (Wildman–Crippen LogP) is 4.11. The van der Waals surface area contributed by atoms with E-state index in [2.05, 4.69) is 50.1 Å². The number of aryl methyl sites for hydroxylation is 1. The fraction of sp³-hybridized carbons (Fsp3) is 0.500. The fourth-order valence-corrected chi connectivity index (χ4v) is 2.50. The summed E-state index contributed by atoms with van der Waals surface area (Å²) in [6.45, 7) is 12.5. The van der Waals surface area contributed by atoms with Gasteiger partial charge in [0.15, 0.2) is 0 Å². The van der Waals surface area contributed by atoms with Gasteiger partial charge in [-0.05, 0) is 45.6 Å². The third kappa shape index (κ3) is 3.29. The van der Waals surface area contributed by atoms with Crippen molar-refractivity contribution in [2.24, 2.45) is 5.92 Å². The Morgan fingerprint density at radius 3 is 2.19 bits per heavy atom. The van der Waals surface area contributed by atoms with E-state index in [0.717, 1.165) is 23.2 Å². The molecule has 21 heavy (non-hydrogen) atoms. The maximum absolute atomic E-state index is 12.7. The van der Waals surface area contributed by atoms with E-state index in [1.807, 2.05) is 20.8 Å². The van der Waals surface area contributed by atoms with Crippen LogP contribution in [0, 0.1) is 12.8 Å². The van der Waals surface area contributed by atoms with Gasteiger partial charge in [0.1, 0.15) is 0 Å². The molecule has 0 aliphatic carbocycles. The minimum absolute atomic E-state index is 0.103. The van der Waals surface area contributed by atoms with E-state index in [9.17, 15) is 4.79 Å². The Morgan fingerprint density at radius 1 is 1.14 bits per heavy atom. The van der Waals surface area contributed by atoms with Gasteiger partial charge >= 0.3 is 0 Å². The van der Waals surface area contributed by atoms with Crippen molar-refractivity contribution in [1.82, 2.24) is 9.78 Å². The Balaban J connectivity index is 2.63. The van der Waals surface area contributed by atoms with Crippen LogP contribution in [0.3, 0.4) is 0 Å². The number of nitrogens with zero attached hydrogens (tertiary/aromatic N) is 1. The van der Waals surface area contributed by atoms with E-state index < -0.39 is 0 Å². The van der Waals surface area contributed by atoms with Crippen molar-refractivity contribution in [3.8, 4) is 11.3 Å². The van der Waals surface area contributed by atoms with Gasteiger partial charge < -0.3 is 0 Å². The lowest BCUT2D eigenvalue weighted by atomic mass is 9.99. The summed E-state index contributed by atoms with van der Waals surface area (Å²) < 4.78 is 1.75. The molecule has 0 saturated heterocycles. The molecule has 1 aromatic carbocycles. The lowest BCUT2D eigenvalue weighted by Gasteiger charge is -2.19. The quantitative estimate of drug-likeness (QED) is 0.906. The van der Waals surface area contributed by atoms with Gasteiger partial charge in [-0.3, -0.25) is 9.89 Å². The average Bonchev–Trinajstić information content (AvgIpc) is 2.67. The van der Waals surface area contributed by atoms with Gasteiger partial charge in [-0.2, -0.15) is 0 Å². The second-order valence-corrected chi connectivity index (χ2v) is 7.24. The third-order valence-corrected chi connectivity index (χ3v) is 3.61. The number of hydrogen-bond donors (Lipinski definition) is 1. The molecule has 0 amide bonds. The molecule has 3 heteroatoms. The molecule has 0 saturated carbocycles. The first-order chi connectivity index (χ1) is 9.70. The Kier molecular flexibility index (Phi) is 4.13. The molecule has 0 atom stereocenters. The molecule has 2 aromatic rings. The summed E-state index contributed by atoms with van der Waals surface area (Å²) in [6, 6.07) is 8.33. The summed E-state index contributed by atoms with van der Waals surface area (Å²) in [4.78, 5) is 12.7. The predicted molar refractivity (Wildman–Crippen MR) is 88.8 cm³/mol. The van der Waals surface area contributed by atoms with E-state index >= 15 is 0 Å². The molecule has 2 rings (SSSR count). The average molecular weight is 286 g/mol. The van der Waals surface area contributed by atoms with Crippen LogP contribution in [-0.2, 0) is 12.0 Å². The van der Waals surface area contributed by atoms with Crippen LogP contribution in [0.4, 0.5) is 0 Å². The van der Waals surface area contributed by atoms with Crippen LogP contribution >= 0.6 is 0 Å². The third-order valence-electron chi connectivity index (χ3n) is 3.61. The Bertz CT molecular complexity index is 667. The molecule has 114 valence electrons. The van der Waals surface area contributed by atoms with Crippen LogP contribution in [0.5, 0.6) is 0 Å². The van der Waals surface area contributed by atoms with Crippen molar-refractivity contribution in [2.75, 3.05) is 0 Å². The molecule has 0 fully saturated rings. The molecule has 0 aliphatic rings. The maximum Gasteiger partial charge on any atom is 0.270 e. The second-order valence-electron chi connectivity index (χ2n) is 7.24. The van der Waals surface area contributed by atoms with Gasteiger partial charge in [0.25, 0.3) is 5.56 Å². The summed E-state index contributed by atoms with van der Waals surface area (Å²) in [5, 5.41) is 3.34. The van der Waals surface area contributed by atoms with Crippen molar-refractivity contribution in [3.05, 3.63) is 45.7 Å². The van der Waals surface area contributed by atoms with Gasteiger partial charge in [-0.1, -0.05) is 43.7 Å². The minimum Gasteiger partial charge on any atom is -0.294 e. The molecular weight excluding hydrogens is 260 g/mol. The summed E-state index contributed by atoms with van der Waals surface area (Å²) in [5.74, 6) is 0.450. The highest BCUT2D eigenvalue weighted by Gasteiger charge is 2.23. The molecule has 0 radical (unpaired) electrons. The van der Waals surface area contributed by atoms with Gasteiger partial charge in [-0.15, -0.1) is 0 Å². The van der Waals surface area contributed by atoms with Crippen molar-refractivity contribution < 1.29 is 0 Å². The van der Waals surface area contributed by atoms with Gasteiger partial charge in [0, 0.05) is 5.56 Å². The molecule has 1 aromatic heterocycles. The van der Waals surface area contributed by atoms with Crippen LogP contribution in [0.15, 0.2) is 29.1 Å². The molecule has 0 unspecified atom stereocenters. The molecule has 1 heterocycles. The summed E-state index contributed by atoms with van der Waals surface area (Å²) >= 11 is 0. The normalized spacial score (nSPS) is 12.1. The van der Waals surface area contributed by atoms with E-state index in [0.29, 0.717) is 5.92 Å². The largest absolute Gasteiger partial charge is 0.294 e. The highest BCUT2D eigenvalue weighted by Crippen LogP contribution is 2.24. The van der Waals surface area contributed by atoms with E-state index in [1.54, 1.807) is 4.68 Å². The summed E-state index contributed by atoms with van der Waals surface area (Å²) in [7, 11) is 0. The highest BCUT2D eigenvalue weighted by atomic mass is 16.1. The topological polar surface area (TPSA) is 37.8 Å². The van der Waals surface area contributed by atoms with Gasteiger partial charge in [0.2, 0.25) is 0 Å². The summed E-state index contributed by atoms with van der Waals surface area (Å²) in [5.41, 5.74) is 4.02. The number of aromatic nitrogens is 2. The maximum atomic E-state index is 12.7. The van der Waals surface area contributed by atoms with E-state index in [1.165, 1.54) is 5.56 Å². The van der Waals surface area contributed by atoms with Crippen molar-refractivity contribution in [2.45, 2.75) is 53.5 Å². The number of aromatic amines is 1. The number of rotatable bonds is 3. The highest BCUT2D eigenvalue weighted by molar-refractivity contribution is 5.63. The van der Waals surface area contributed by atoms with Crippen molar-refractivity contribution in [3.63, 3.8) is 0 Å². The lowest BCUT2D eigenvalue weighted by molar-refractivity contribution is 0.345. The Morgan fingerprint density at radius 2 is 1.71 bits per heavy atom. The number of benzene rings is 1. The number of hydrogen-bond acceptors (Lipinski definition) is 1. The van der Waals surface area contributed by atoms with Crippen LogP contribution in [-0.4, -0.2) is 9.78 Å².